The van der Waals surface area contributed by atoms with Crippen LogP contribution < -0.4 is 4.74 Å². The van der Waals surface area contributed by atoms with Crippen LogP contribution in [0.3, 0.4) is 0 Å². The van der Waals surface area contributed by atoms with Gasteiger partial charge in [-0.15, -0.1) is 13.2 Å². The summed E-state index contributed by atoms with van der Waals surface area (Å²) in [6.45, 7) is 1.90. The second-order valence-electron chi connectivity index (χ2n) is 3.82. The van der Waals surface area contributed by atoms with Crippen LogP contribution in [0.2, 0.25) is 0 Å². The topological polar surface area (TPSA) is 22.1 Å². The van der Waals surface area contributed by atoms with Gasteiger partial charge in [0, 0.05) is 18.0 Å². The van der Waals surface area contributed by atoms with E-state index in [1.165, 1.54) is 12.1 Å². The molecule has 0 saturated carbocycles. The Morgan fingerprint density at radius 3 is 2.22 bits per heavy atom. The predicted octanol–water partition coefficient (Wildman–Crippen LogP) is 3.96. The minimum atomic E-state index is -4.66. The Labute approximate surface area is 102 Å². The second-order valence-corrected chi connectivity index (χ2v) is 3.82. The summed E-state index contributed by atoms with van der Waals surface area (Å²) in [6, 6.07) is 7.61. The molecule has 2 aromatic rings. The fourth-order valence-electron chi connectivity index (χ4n) is 1.56. The quantitative estimate of drug-likeness (QED) is 0.808. The summed E-state index contributed by atoms with van der Waals surface area (Å²) < 4.78 is 39.8. The summed E-state index contributed by atoms with van der Waals surface area (Å²) >= 11 is 0. The van der Waals surface area contributed by atoms with E-state index >= 15 is 0 Å². The average Bonchev–Trinajstić information content (AvgIpc) is 2.28. The molecule has 18 heavy (non-hydrogen) atoms. The lowest BCUT2D eigenvalue weighted by molar-refractivity contribution is -0.274. The van der Waals surface area contributed by atoms with Crippen LogP contribution in [-0.4, -0.2) is 11.3 Å². The van der Waals surface area contributed by atoms with Crippen LogP contribution in [0.4, 0.5) is 13.2 Å². The highest BCUT2D eigenvalue weighted by Gasteiger charge is 2.30. The van der Waals surface area contributed by atoms with Crippen molar-refractivity contribution in [3.8, 4) is 16.9 Å². The lowest BCUT2D eigenvalue weighted by atomic mass is 10.1. The van der Waals surface area contributed by atoms with Gasteiger partial charge in [-0.25, -0.2) is 0 Å². The first-order valence-corrected chi connectivity index (χ1v) is 5.22. The number of ether oxygens (including phenoxy) is 1. The van der Waals surface area contributed by atoms with Crippen molar-refractivity contribution in [2.24, 2.45) is 0 Å². The molecule has 0 aliphatic heterocycles. The Bertz CT molecular complexity index is 535. The molecule has 2 nitrogen and oxygen atoms in total. The standard InChI is InChI=1S/C13H10F3NO/c1-9-6-11(8-17-7-9)10-2-4-12(5-3-10)18-13(14,15)16/h2-8H,1H3. The average molecular weight is 253 g/mol. The number of hydrogen-bond acceptors (Lipinski definition) is 2. The van der Waals surface area contributed by atoms with Gasteiger partial charge in [0.2, 0.25) is 0 Å². The molecule has 0 unspecified atom stereocenters. The molecule has 0 aliphatic rings. The van der Waals surface area contributed by atoms with Crippen LogP contribution in [0.15, 0.2) is 42.7 Å². The summed E-state index contributed by atoms with van der Waals surface area (Å²) in [4.78, 5) is 4.03. The summed E-state index contributed by atoms with van der Waals surface area (Å²) in [7, 11) is 0. The molecule has 0 N–H and O–H groups in total. The molecule has 1 aromatic carbocycles. The van der Waals surface area contributed by atoms with E-state index in [-0.39, 0.29) is 5.75 Å². The van der Waals surface area contributed by atoms with Crippen LogP contribution >= 0.6 is 0 Å². The molecule has 0 saturated heterocycles. The number of aromatic nitrogens is 1. The van der Waals surface area contributed by atoms with Gasteiger partial charge in [0.1, 0.15) is 5.75 Å². The number of rotatable bonds is 2. The maximum Gasteiger partial charge on any atom is 0.573 e. The van der Waals surface area contributed by atoms with Crippen molar-refractivity contribution < 1.29 is 17.9 Å². The van der Waals surface area contributed by atoms with Crippen molar-refractivity contribution in [1.82, 2.24) is 4.98 Å². The molecule has 1 heterocycles. The van der Waals surface area contributed by atoms with Gasteiger partial charge in [-0.3, -0.25) is 4.98 Å². The van der Waals surface area contributed by atoms with Crippen molar-refractivity contribution in [2.75, 3.05) is 0 Å². The number of hydrogen-bond donors (Lipinski definition) is 0. The van der Waals surface area contributed by atoms with Gasteiger partial charge >= 0.3 is 6.36 Å². The van der Waals surface area contributed by atoms with Gasteiger partial charge in [-0.2, -0.15) is 0 Å². The number of nitrogens with zero attached hydrogens (tertiary/aromatic N) is 1. The smallest absolute Gasteiger partial charge is 0.406 e. The first-order chi connectivity index (χ1) is 8.44. The highest BCUT2D eigenvalue weighted by atomic mass is 19.4. The summed E-state index contributed by atoms with van der Waals surface area (Å²) in [6.07, 6.45) is -1.29. The molecular formula is C13H10F3NO. The number of benzene rings is 1. The normalized spacial score (nSPS) is 11.3. The molecule has 5 heteroatoms. The first-order valence-electron chi connectivity index (χ1n) is 5.22. The molecule has 0 spiro atoms. The molecular weight excluding hydrogens is 243 g/mol. The van der Waals surface area contributed by atoms with E-state index in [2.05, 4.69) is 9.72 Å². The van der Waals surface area contributed by atoms with Crippen molar-refractivity contribution in [1.29, 1.82) is 0 Å². The number of halogens is 3. The summed E-state index contributed by atoms with van der Waals surface area (Å²) in [5.74, 6) is -0.230. The van der Waals surface area contributed by atoms with E-state index in [1.807, 2.05) is 13.0 Å². The monoisotopic (exact) mass is 253 g/mol. The molecule has 0 aliphatic carbocycles. The molecule has 0 atom stereocenters. The molecule has 0 amide bonds. The largest absolute Gasteiger partial charge is 0.573 e. The zero-order chi connectivity index (χ0) is 13.2. The van der Waals surface area contributed by atoms with Crippen LogP contribution in [0, 0.1) is 6.92 Å². The first kappa shape index (κ1) is 12.4. The lowest BCUT2D eigenvalue weighted by Crippen LogP contribution is -2.16. The van der Waals surface area contributed by atoms with Gasteiger partial charge in [0.15, 0.2) is 0 Å². The Morgan fingerprint density at radius 2 is 1.67 bits per heavy atom. The molecule has 0 fully saturated rings. The van der Waals surface area contributed by atoms with Gasteiger partial charge < -0.3 is 4.74 Å². The third-order valence-electron chi connectivity index (χ3n) is 2.30. The van der Waals surface area contributed by atoms with E-state index in [0.717, 1.165) is 16.7 Å². The maximum atomic E-state index is 12.0. The zero-order valence-corrected chi connectivity index (χ0v) is 9.53. The molecule has 94 valence electrons. The minimum absolute atomic E-state index is 0.230. The van der Waals surface area contributed by atoms with Crippen molar-refractivity contribution >= 4 is 0 Å². The fraction of sp³-hybridized carbons (Fsp3) is 0.154. The predicted molar refractivity (Wildman–Crippen MR) is 61.1 cm³/mol. The molecule has 2 rings (SSSR count). The third-order valence-corrected chi connectivity index (χ3v) is 2.30. The van der Waals surface area contributed by atoms with E-state index in [9.17, 15) is 13.2 Å². The highest BCUT2D eigenvalue weighted by molar-refractivity contribution is 5.63. The Kier molecular flexibility index (Phi) is 3.23. The van der Waals surface area contributed by atoms with E-state index in [4.69, 9.17) is 0 Å². The number of pyridine rings is 1. The van der Waals surface area contributed by atoms with Crippen LogP contribution in [0.25, 0.3) is 11.1 Å². The van der Waals surface area contributed by atoms with Crippen molar-refractivity contribution in [3.63, 3.8) is 0 Å². The Hall–Kier alpha value is -2.04. The van der Waals surface area contributed by atoms with Crippen LogP contribution in [0.1, 0.15) is 5.56 Å². The van der Waals surface area contributed by atoms with E-state index in [1.54, 1.807) is 24.5 Å². The lowest BCUT2D eigenvalue weighted by Gasteiger charge is -2.09. The zero-order valence-electron chi connectivity index (χ0n) is 9.53. The van der Waals surface area contributed by atoms with Crippen molar-refractivity contribution in [2.45, 2.75) is 13.3 Å². The van der Waals surface area contributed by atoms with E-state index in [0.29, 0.717) is 0 Å². The Morgan fingerprint density at radius 1 is 1.00 bits per heavy atom. The fourth-order valence-corrected chi connectivity index (χ4v) is 1.56. The minimum Gasteiger partial charge on any atom is -0.406 e. The van der Waals surface area contributed by atoms with Crippen molar-refractivity contribution in [3.05, 3.63) is 48.3 Å². The van der Waals surface area contributed by atoms with E-state index < -0.39 is 6.36 Å². The molecule has 0 bridgehead atoms. The van der Waals surface area contributed by atoms with Gasteiger partial charge in [0.05, 0.1) is 0 Å². The second kappa shape index (κ2) is 4.68. The number of aryl methyl sites for hydroxylation is 1. The van der Waals surface area contributed by atoms with Crippen LogP contribution in [-0.2, 0) is 0 Å². The van der Waals surface area contributed by atoms with Gasteiger partial charge in [0.25, 0.3) is 0 Å². The number of alkyl halides is 3. The SMILES string of the molecule is Cc1cncc(-c2ccc(OC(F)(F)F)cc2)c1. The Balaban J connectivity index is 2.22. The third kappa shape index (κ3) is 3.23. The highest BCUT2D eigenvalue weighted by Crippen LogP contribution is 2.26. The molecule has 0 radical (unpaired) electrons. The van der Waals surface area contributed by atoms with Gasteiger partial charge in [-0.1, -0.05) is 12.1 Å². The van der Waals surface area contributed by atoms with Crippen LogP contribution in [0.5, 0.6) is 5.75 Å². The summed E-state index contributed by atoms with van der Waals surface area (Å²) in [5.41, 5.74) is 2.64. The summed E-state index contributed by atoms with van der Waals surface area (Å²) in [5, 5.41) is 0. The van der Waals surface area contributed by atoms with Gasteiger partial charge in [-0.05, 0) is 36.2 Å². The molecule has 1 aromatic heterocycles. The maximum absolute atomic E-state index is 12.0.